The molecule has 0 aliphatic carbocycles. The number of ether oxygens (including phenoxy) is 1. The largest absolute Gasteiger partial charge is 0.419 e. The monoisotopic (exact) mass is 404 g/mol. The molecule has 1 aromatic rings. The summed E-state index contributed by atoms with van der Waals surface area (Å²) in [6.45, 7) is 3.24. The fourth-order valence-corrected chi connectivity index (χ4v) is 2.28. The molecule has 1 amide bonds. The van der Waals surface area contributed by atoms with Crippen LogP contribution >= 0.6 is 24.8 Å². The number of amides is 1. The van der Waals surface area contributed by atoms with Gasteiger partial charge in [0.05, 0.1) is 18.3 Å². The fraction of sp³-hybridized carbons (Fsp3) is 0.571. The first kappa shape index (κ1) is 23.7. The number of aromatic nitrogens is 1. The van der Waals surface area contributed by atoms with Gasteiger partial charge in [0.15, 0.2) is 0 Å². The summed E-state index contributed by atoms with van der Waals surface area (Å²) >= 11 is 0. The van der Waals surface area contributed by atoms with E-state index in [-0.39, 0.29) is 55.7 Å². The number of halogens is 5. The molecular weight excluding hydrogens is 384 g/mol. The Bertz CT molecular complexity index is 549. The zero-order chi connectivity index (χ0) is 16.9. The lowest BCUT2D eigenvalue weighted by molar-refractivity contribution is -0.137. The quantitative estimate of drug-likeness (QED) is 0.653. The van der Waals surface area contributed by atoms with Crippen molar-refractivity contribution in [3.63, 3.8) is 0 Å². The van der Waals surface area contributed by atoms with Gasteiger partial charge >= 0.3 is 6.18 Å². The van der Waals surface area contributed by atoms with Gasteiger partial charge in [-0.2, -0.15) is 13.2 Å². The van der Waals surface area contributed by atoms with E-state index in [1.807, 2.05) is 0 Å². The zero-order valence-electron chi connectivity index (χ0n) is 13.4. The number of nitrogens with one attached hydrogen (secondary N) is 3. The lowest BCUT2D eigenvalue weighted by Crippen LogP contribution is -2.55. The van der Waals surface area contributed by atoms with E-state index in [2.05, 4.69) is 20.9 Å². The zero-order valence-corrected chi connectivity index (χ0v) is 15.1. The van der Waals surface area contributed by atoms with E-state index < -0.39 is 17.8 Å². The molecule has 0 aromatic carbocycles. The van der Waals surface area contributed by atoms with Crippen LogP contribution < -0.4 is 16.0 Å². The first-order valence-electron chi connectivity index (χ1n) is 7.28. The average molecular weight is 405 g/mol. The van der Waals surface area contributed by atoms with E-state index >= 15 is 0 Å². The van der Waals surface area contributed by atoms with Crippen molar-refractivity contribution in [2.45, 2.75) is 25.2 Å². The van der Waals surface area contributed by atoms with E-state index in [0.29, 0.717) is 13.2 Å². The van der Waals surface area contributed by atoms with Crippen LogP contribution in [-0.4, -0.2) is 49.3 Å². The fourth-order valence-electron chi connectivity index (χ4n) is 2.28. The summed E-state index contributed by atoms with van der Waals surface area (Å²) in [6.07, 6.45) is -3.44. The van der Waals surface area contributed by atoms with Crippen LogP contribution in [0.5, 0.6) is 0 Å². The Balaban J connectivity index is 0.00000288. The number of pyridine rings is 1. The molecule has 2 rings (SSSR count). The van der Waals surface area contributed by atoms with Crippen molar-refractivity contribution in [2.75, 3.05) is 31.6 Å². The van der Waals surface area contributed by atoms with Crippen molar-refractivity contribution in [1.29, 1.82) is 0 Å². The minimum absolute atomic E-state index is 0. The van der Waals surface area contributed by atoms with Crippen LogP contribution in [0.3, 0.4) is 0 Å². The molecule has 25 heavy (non-hydrogen) atoms. The van der Waals surface area contributed by atoms with Crippen molar-refractivity contribution < 1.29 is 22.7 Å². The van der Waals surface area contributed by atoms with Crippen LogP contribution in [-0.2, 0) is 15.7 Å². The number of carbonyl (C=O) groups excluding carboxylic acids is 1. The highest BCUT2D eigenvalue weighted by Gasteiger charge is 2.34. The van der Waals surface area contributed by atoms with Crippen LogP contribution in [0, 0.1) is 0 Å². The second-order valence-corrected chi connectivity index (χ2v) is 5.12. The molecule has 6 nitrogen and oxygen atoms in total. The number of rotatable bonds is 5. The molecule has 2 atom stereocenters. The Morgan fingerprint density at radius 3 is 2.76 bits per heavy atom. The van der Waals surface area contributed by atoms with Crippen LogP contribution in [0.25, 0.3) is 0 Å². The number of hydrogen-bond acceptors (Lipinski definition) is 5. The number of nitrogens with zero attached hydrogens (tertiary/aromatic N) is 1. The summed E-state index contributed by atoms with van der Waals surface area (Å²) < 4.78 is 43.8. The van der Waals surface area contributed by atoms with Crippen LogP contribution in [0.15, 0.2) is 18.3 Å². The summed E-state index contributed by atoms with van der Waals surface area (Å²) in [6, 6.07) is 1.73. The number of anilines is 1. The van der Waals surface area contributed by atoms with Gasteiger partial charge in [0.1, 0.15) is 11.9 Å². The summed E-state index contributed by atoms with van der Waals surface area (Å²) in [5, 5.41) is 8.29. The highest BCUT2D eigenvalue weighted by atomic mass is 35.5. The summed E-state index contributed by atoms with van der Waals surface area (Å²) in [7, 11) is 0. The van der Waals surface area contributed by atoms with E-state index in [9.17, 15) is 18.0 Å². The molecule has 1 aliphatic rings. The van der Waals surface area contributed by atoms with Crippen molar-refractivity contribution in [3.05, 3.63) is 23.9 Å². The molecule has 0 saturated carbocycles. The second-order valence-electron chi connectivity index (χ2n) is 5.12. The topological polar surface area (TPSA) is 75.3 Å². The van der Waals surface area contributed by atoms with Gasteiger partial charge in [-0.05, 0) is 19.1 Å². The Morgan fingerprint density at radius 2 is 2.12 bits per heavy atom. The number of alkyl halides is 3. The van der Waals surface area contributed by atoms with Gasteiger partial charge in [0.25, 0.3) is 0 Å². The lowest BCUT2D eigenvalue weighted by atomic mass is 10.1. The molecule has 1 fully saturated rings. The molecule has 0 bridgehead atoms. The number of carbonyl (C=O) groups is 1. The average Bonchev–Trinajstić information content (AvgIpc) is 2.51. The highest BCUT2D eigenvalue weighted by Crippen LogP contribution is 2.33. The smallest absolute Gasteiger partial charge is 0.375 e. The Hall–Kier alpha value is -1.29. The van der Waals surface area contributed by atoms with Crippen molar-refractivity contribution >= 4 is 36.5 Å². The summed E-state index contributed by atoms with van der Waals surface area (Å²) in [5.74, 6) is -0.488. The van der Waals surface area contributed by atoms with Gasteiger partial charge in [-0.25, -0.2) is 4.98 Å². The maximum Gasteiger partial charge on any atom is 0.419 e. The number of hydrogen-bond donors (Lipinski definition) is 3. The molecule has 3 N–H and O–H groups in total. The molecular formula is C14H21Cl2F3N4O2. The van der Waals surface area contributed by atoms with Crippen molar-refractivity contribution in [3.8, 4) is 0 Å². The molecule has 11 heteroatoms. The van der Waals surface area contributed by atoms with E-state index in [1.54, 1.807) is 6.92 Å². The third kappa shape index (κ3) is 6.85. The maximum atomic E-state index is 12.8. The van der Waals surface area contributed by atoms with Crippen LogP contribution in [0.2, 0.25) is 0 Å². The van der Waals surface area contributed by atoms with Gasteiger partial charge in [-0.15, -0.1) is 24.8 Å². The minimum Gasteiger partial charge on any atom is -0.375 e. The van der Waals surface area contributed by atoms with Gasteiger partial charge in [-0.3, -0.25) is 4.79 Å². The predicted octanol–water partition coefficient (Wildman–Crippen LogP) is 1.85. The summed E-state index contributed by atoms with van der Waals surface area (Å²) in [4.78, 5) is 15.7. The molecule has 1 aliphatic heterocycles. The Labute approximate surface area is 156 Å². The molecule has 2 heterocycles. The van der Waals surface area contributed by atoms with Crippen LogP contribution in [0.4, 0.5) is 19.0 Å². The normalized spacial score (nSPS) is 20.0. The predicted molar refractivity (Wildman–Crippen MR) is 92.4 cm³/mol. The van der Waals surface area contributed by atoms with Gasteiger partial charge in [-0.1, -0.05) is 0 Å². The SMILES string of the molecule is C[C@H]1OCCN[C@@H]1C(=O)NCCNc1ncccc1C(F)(F)F.Cl.Cl. The second kappa shape index (κ2) is 10.6. The van der Waals surface area contributed by atoms with E-state index in [0.717, 1.165) is 6.07 Å². The van der Waals surface area contributed by atoms with E-state index in [4.69, 9.17) is 4.74 Å². The molecule has 0 radical (unpaired) electrons. The molecule has 1 saturated heterocycles. The molecule has 0 spiro atoms. The van der Waals surface area contributed by atoms with Gasteiger partial charge in [0.2, 0.25) is 5.91 Å². The third-order valence-electron chi connectivity index (χ3n) is 3.43. The van der Waals surface area contributed by atoms with Crippen molar-refractivity contribution in [2.24, 2.45) is 0 Å². The first-order chi connectivity index (χ1) is 10.9. The standard InChI is InChI=1S/C14H19F3N4O2.2ClH/c1-9-11(18-7-8-23-9)13(22)21-6-5-20-12-10(14(15,16)17)3-2-4-19-12;;/h2-4,9,11,18H,5-8H2,1H3,(H,19,20)(H,21,22);2*1H/t9-,11+;;/m1../s1. The lowest BCUT2D eigenvalue weighted by Gasteiger charge is -2.29. The van der Waals surface area contributed by atoms with Gasteiger partial charge < -0.3 is 20.7 Å². The molecule has 144 valence electrons. The third-order valence-corrected chi connectivity index (χ3v) is 3.43. The minimum atomic E-state index is -4.47. The summed E-state index contributed by atoms with van der Waals surface area (Å²) in [5.41, 5.74) is -0.831. The molecule has 0 unspecified atom stereocenters. The van der Waals surface area contributed by atoms with E-state index in [1.165, 1.54) is 12.3 Å². The van der Waals surface area contributed by atoms with Crippen molar-refractivity contribution in [1.82, 2.24) is 15.6 Å². The Morgan fingerprint density at radius 1 is 1.40 bits per heavy atom. The maximum absolute atomic E-state index is 12.8. The highest BCUT2D eigenvalue weighted by molar-refractivity contribution is 5.85. The van der Waals surface area contributed by atoms with Crippen LogP contribution in [0.1, 0.15) is 12.5 Å². The molecule has 1 aromatic heterocycles. The Kier molecular flexibility index (Phi) is 10.1. The first-order valence-corrected chi connectivity index (χ1v) is 7.28. The van der Waals surface area contributed by atoms with Gasteiger partial charge in [0, 0.05) is 25.8 Å². The number of morpholine rings is 1.